The molecular formula is C60H42N2Si. The second-order valence-corrected chi connectivity index (χ2v) is 17.2. The summed E-state index contributed by atoms with van der Waals surface area (Å²) in [6, 6.07) is -35.0. The summed E-state index contributed by atoms with van der Waals surface area (Å²) in [6.07, 6.45) is 0. The second-order valence-electron chi connectivity index (χ2n) is 13.7. The molecule has 63 heavy (non-hydrogen) atoms. The average Bonchev–Trinajstić information content (AvgIpc) is 0.964. The lowest BCUT2D eigenvalue weighted by atomic mass is 10.0. The molecule has 12 aromatic rings. The van der Waals surface area contributed by atoms with Crippen molar-refractivity contribution in [3.05, 3.63) is 254 Å². The fourth-order valence-corrected chi connectivity index (χ4v) is 11.4. The number of rotatable bonds is 8. The van der Waals surface area contributed by atoms with Gasteiger partial charge in [0, 0.05) is 32.9 Å². The molecule has 0 radical (unpaired) electrons. The number of para-hydroxylation sites is 4. The molecule has 296 valence electrons. The lowest BCUT2D eigenvalue weighted by Crippen LogP contribution is -2.74. The molecule has 0 saturated heterocycles. The number of hydrogen-bond acceptors (Lipinski definition) is 0. The van der Waals surface area contributed by atoms with Gasteiger partial charge in [-0.05, 0) is 85.4 Å². The summed E-state index contributed by atoms with van der Waals surface area (Å²) in [7, 11) is -6.69. The van der Waals surface area contributed by atoms with Crippen LogP contribution in [0.5, 0.6) is 0 Å². The van der Waals surface area contributed by atoms with Crippen molar-refractivity contribution in [1.29, 1.82) is 0 Å². The lowest BCUT2D eigenvalue weighted by molar-refractivity contribution is 1.13. The van der Waals surface area contributed by atoms with E-state index in [2.05, 4.69) is 0 Å². The van der Waals surface area contributed by atoms with E-state index in [9.17, 15) is 31.5 Å². The third kappa shape index (κ3) is 6.00. The van der Waals surface area contributed by atoms with Gasteiger partial charge in [-0.25, -0.2) is 0 Å². The Morgan fingerprint density at radius 2 is 0.683 bits per heavy atom. The van der Waals surface area contributed by atoms with Crippen molar-refractivity contribution in [1.82, 2.24) is 9.13 Å². The van der Waals surface area contributed by atoms with Gasteiger partial charge in [-0.15, -0.1) is 0 Å². The summed E-state index contributed by atoms with van der Waals surface area (Å²) in [5.41, 5.74) is -7.04. The van der Waals surface area contributed by atoms with Crippen LogP contribution in [-0.4, -0.2) is 17.2 Å². The van der Waals surface area contributed by atoms with E-state index in [1.165, 1.54) is 0 Å². The Hall–Kier alpha value is -7.98. The van der Waals surface area contributed by atoms with Crippen LogP contribution in [0.4, 0.5) is 0 Å². The minimum Gasteiger partial charge on any atom is -0.309 e. The molecule has 10 aromatic carbocycles. The van der Waals surface area contributed by atoms with E-state index in [4.69, 9.17) is 19.2 Å². The molecule has 0 aliphatic carbocycles. The zero-order chi connectivity index (χ0) is 73.9. The maximum Gasteiger partial charge on any atom is 0.179 e. The highest BCUT2D eigenvalue weighted by atomic mass is 28.3. The van der Waals surface area contributed by atoms with Gasteiger partial charge in [-0.2, -0.15) is 0 Å². The molecule has 0 N–H and O–H groups in total. The minimum absolute atomic E-state index is 0.435. The summed E-state index contributed by atoms with van der Waals surface area (Å²) in [4.78, 5) is 0. The SMILES string of the molecule is [2H]c1cc([2H])c([Si](c2c([2H])c([2H])c([2H])c([2H])c2[2H])(c2c([2H])c([2H])c([2H])c(-c3cc(-n4c5c([2H])cc([2H])c([2H])c5c5c([2H])c([2H])c([2H])c([2H])c54)cc(-n4c5c([2H])c([2H])c([2H])c([2H])c5c5c([2H])c([2H])c([2H])c([2H])c54)c3)c2[2H])c2c([2H])c([2H])c([2H])c(-c3c([2H])c([2H])c([2H])c([2H])c3[2H])c2[2H])c([2H])c1[2H]. The van der Waals surface area contributed by atoms with Crippen LogP contribution in [0, 0.1) is 0 Å². The number of hydrogen-bond donors (Lipinski definition) is 0. The van der Waals surface area contributed by atoms with Crippen molar-refractivity contribution in [2.45, 2.75) is 0 Å². The van der Waals surface area contributed by atoms with Crippen LogP contribution in [0.15, 0.2) is 254 Å². The Balaban J connectivity index is 1.41. The molecule has 0 bridgehead atoms. The molecule has 1 unspecified atom stereocenters. The largest absolute Gasteiger partial charge is 0.309 e. The Morgan fingerprint density at radius 1 is 0.286 bits per heavy atom. The van der Waals surface area contributed by atoms with E-state index in [-0.39, 0.29) is 0 Å². The van der Waals surface area contributed by atoms with Gasteiger partial charge in [0.25, 0.3) is 0 Å². The number of nitrogens with zero attached hydrogens (tertiary/aromatic N) is 2. The maximum atomic E-state index is 10.9. The van der Waals surface area contributed by atoms with Crippen LogP contribution < -0.4 is 20.7 Å². The first-order valence-electron chi connectivity index (χ1n) is 37.2. The Bertz CT molecular complexity index is 5700. The first-order chi connectivity index (χ1) is 46.6. The van der Waals surface area contributed by atoms with E-state index >= 15 is 0 Å². The Kier molecular flexibility index (Phi) is 3.64. The average molecular weight is 856 g/mol. The van der Waals surface area contributed by atoms with Crippen molar-refractivity contribution in [3.8, 4) is 33.6 Å². The van der Waals surface area contributed by atoms with E-state index in [1.807, 2.05) is 0 Å². The highest BCUT2D eigenvalue weighted by Gasteiger charge is 2.41. The molecule has 3 heteroatoms. The van der Waals surface area contributed by atoms with Gasteiger partial charge in [-0.1, -0.05) is 212 Å². The third-order valence-electron chi connectivity index (χ3n) is 10.4. The van der Waals surface area contributed by atoms with Crippen LogP contribution in [0.3, 0.4) is 0 Å². The maximum absolute atomic E-state index is 10.9. The van der Waals surface area contributed by atoms with Crippen molar-refractivity contribution in [2.75, 3.05) is 0 Å². The van der Waals surface area contributed by atoms with Gasteiger partial charge < -0.3 is 9.13 Å². The lowest BCUT2D eigenvalue weighted by Gasteiger charge is -2.35. The molecule has 2 heterocycles. The van der Waals surface area contributed by atoms with Gasteiger partial charge in [0.2, 0.25) is 0 Å². The smallest absolute Gasteiger partial charge is 0.179 e. The van der Waals surface area contributed by atoms with Crippen molar-refractivity contribution in [2.24, 2.45) is 0 Å². The molecule has 0 aliphatic rings. The summed E-state index contributed by atoms with van der Waals surface area (Å²) in [5.74, 6) is 0. The summed E-state index contributed by atoms with van der Waals surface area (Å²) >= 11 is 0. The zero-order valence-corrected chi connectivity index (χ0v) is 32.8. The van der Waals surface area contributed by atoms with Crippen LogP contribution in [0.1, 0.15) is 50.7 Å². The quantitative estimate of drug-likeness (QED) is 0.106. The van der Waals surface area contributed by atoms with Crippen LogP contribution in [0.2, 0.25) is 0 Å². The summed E-state index contributed by atoms with van der Waals surface area (Å²) < 4.78 is 347. The van der Waals surface area contributed by atoms with Crippen molar-refractivity contribution in [3.63, 3.8) is 0 Å². The van der Waals surface area contributed by atoms with Crippen LogP contribution >= 0.6 is 0 Å². The Labute approximate surface area is 420 Å². The fraction of sp³-hybridized carbons (Fsp3) is 0. The van der Waals surface area contributed by atoms with Crippen molar-refractivity contribution < 1.29 is 50.7 Å². The highest BCUT2D eigenvalue weighted by molar-refractivity contribution is 7.20. The fourth-order valence-electron chi connectivity index (χ4n) is 7.78. The molecule has 0 spiro atoms. The van der Waals surface area contributed by atoms with E-state index < -0.39 is 330 Å². The summed E-state index contributed by atoms with van der Waals surface area (Å²) in [5, 5.41) is -6.81. The van der Waals surface area contributed by atoms with Gasteiger partial charge in [0.1, 0.15) is 0 Å². The molecule has 2 nitrogen and oxygen atoms in total. The zero-order valence-electron chi connectivity index (χ0n) is 68.8. The molecule has 0 amide bonds. The van der Waals surface area contributed by atoms with Gasteiger partial charge in [-0.3, -0.25) is 0 Å². The normalized spacial score (nSPS) is 20.8. The number of fused-ring (bicyclic) bond motifs is 6. The van der Waals surface area contributed by atoms with Crippen molar-refractivity contribution >= 4 is 72.4 Å². The standard InChI is InChI=1S/C60H42N2Si/c1-4-20-43(21-5-1)44-22-18-28-51(40-44)63(49-24-6-2-7-25-49,50-26-8-3-9-27-50)52-29-19-23-45(41-52)46-38-47(61-57-34-14-10-30-53(57)54-31-11-15-35-58(54)61)42-48(39-46)62-59-36-16-12-32-55(59)56-33-13-17-37-60(56)62/h1-42H/i1D,2D,3D,4D,5D,6D,7D,8D,10D,11D,12D,13D,14D,15D,16D,18D,19D,20D,21D,22D,23D,24D,25D,26D,27D,28D,29D,30D,31D,32D,33D,34D,35D,36D,37D,40D,41D. The molecule has 0 saturated carbocycles. The molecule has 0 aliphatic heterocycles. The molecule has 0 fully saturated rings. The number of aromatic nitrogens is 2. The minimum atomic E-state index is -6.69. The van der Waals surface area contributed by atoms with Crippen LogP contribution in [0.25, 0.3) is 77.2 Å². The Morgan fingerprint density at radius 3 is 1.25 bits per heavy atom. The van der Waals surface area contributed by atoms with E-state index in [0.717, 1.165) is 33.4 Å². The topological polar surface area (TPSA) is 9.86 Å². The van der Waals surface area contributed by atoms with Gasteiger partial charge in [0.05, 0.1) is 72.8 Å². The predicted octanol–water partition coefficient (Wildman–Crippen LogP) is 12.6. The monoisotopic (exact) mass is 856 g/mol. The molecular weight excluding hydrogens is 777 g/mol. The first kappa shape index (κ1) is 15.1. The molecule has 2 aromatic heterocycles. The second kappa shape index (κ2) is 15.2. The first-order valence-corrected chi connectivity index (χ1v) is 20.7. The van der Waals surface area contributed by atoms with Gasteiger partial charge >= 0.3 is 0 Å². The molecule has 1 atom stereocenters. The third-order valence-corrected chi connectivity index (χ3v) is 14.4. The molecule has 12 rings (SSSR count). The summed E-state index contributed by atoms with van der Waals surface area (Å²) in [6.45, 7) is 0. The number of benzene rings is 10. The predicted molar refractivity (Wildman–Crippen MR) is 270 cm³/mol. The van der Waals surface area contributed by atoms with Crippen LogP contribution in [-0.2, 0) is 0 Å². The van der Waals surface area contributed by atoms with E-state index in [1.54, 1.807) is 0 Å². The highest BCUT2D eigenvalue weighted by Crippen LogP contribution is 2.38. The van der Waals surface area contributed by atoms with Gasteiger partial charge in [0.15, 0.2) is 8.07 Å². The van der Waals surface area contributed by atoms with E-state index in [0.29, 0.717) is 6.07 Å².